The first-order valence-corrected chi connectivity index (χ1v) is 12.4. The number of ether oxygens (including phenoxy) is 1. The molecule has 1 saturated heterocycles. The minimum absolute atomic E-state index is 0.0960. The molecular weight excluding hydrogens is 442 g/mol. The summed E-state index contributed by atoms with van der Waals surface area (Å²) in [6, 6.07) is 9.12. The standard InChI is InChI=1S/C24H29N3O5S/c1-16-13-17(2)19(4)24(18(16)3)33(30,31)26-11-9-25(10-12-26)22(28)14-27-20-7-5-6-8-21(20)32-15-23(27)29/h5-8,13H,9-12,14-15H2,1-4H3. The van der Waals surface area contributed by atoms with Crippen LogP contribution in [0, 0.1) is 27.7 Å². The Kier molecular flexibility index (Phi) is 6.20. The van der Waals surface area contributed by atoms with Crippen molar-refractivity contribution >= 4 is 27.5 Å². The lowest BCUT2D eigenvalue weighted by Crippen LogP contribution is -2.54. The summed E-state index contributed by atoms with van der Waals surface area (Å²) in [5, 5.41) is 0. The first kappa shape index (κ1) is 23.3. The molecule has 0 aliphatic carbocycles. The van der Waals surface area contributed by atoms with Gasteiger partial charge < -0.3 is 9.64 Å². The molecular formula is C24H29N3O5S. The number of hydrogen-bond donors (Lipinski definition) is 0. The van der Waals surface area contributed by atoms with Crippen LogP contribution in [-0.4, -0.2) is 68.8 Å². The molecule has 0 aromatic heterocycles. The molecule has 33 heavy (non-hydrogen) atoms. The second-order valence-electron chi connectivity index (χ2n) is 8.61. The molecule has 4 rings (SSSR count). The number of nitrogens with zero attached hydrogens (tertiary/aromatic N) is 3. The molecule has 8 nitrogen and oxygen atoms in total. The van der Waals surface area contributed by atoms with Gasteiger partial charge in [-0.2, -0.15) is 4.31 Å². The van der Waals surface area contributed by atoms with Gasteiger partial charge in [0.25, 0.3) is 5.91 Å². The summed E-state index contributed by atoms with van der Waals surface area (Å²) in [4.78, 5) is 28.8. The maximum absolute atomic E-state index is 13.5. The molecule has 2 aromatic carbocycles. The number of carbonyl (C=O) groups excluding carboxylic acids is 2. The maximum atomic E-state index is 13.5. The Labute approximate surface area is 194 Å². The highest BCUT2D eigenvalue weighted by Crippen LogP contribution is 2.32. The number of amides is 2. The van der Waals surface area contributed by atoms with Crippen LogP contribution in [0.2, 0.25) is 0 Å². The van der Waals surface area contributed by atoms with Crippen LogP contribution in [0.3, 0.4) is 0 Å². The molecule has 0 saturated carbocycles. The molecule has 0 N–H and O–H groups in total. The summed E-state index contributed by atoms with van der Waals surface area (Å²) in [6.07, 6.45) is 0. The summed E-state index contributed by atoms with van der Waals surface area (Å²) >= 11 is 0. The molecule has 2 amide bonds. The van der Waals surface area contributed by atoms with Gasteiger partial charge in [-0.25, -0.2) is 8.42 Å². The summed E-state index contributed by atoms with van der Waals surface area (Å²) in [5.74, 6) is 0.0832. The Bertz CT molecular complexity index is 1190. The van der Waals surface area contributed by atoms with Gasteiger partial charge in [0.1, 0.15) is 12.3 Å². The van der Waals surface area contributed by atoms with Crippen LogP contribution in [0.15, 0.2) is 35.2 Å². The molecule has 2 heterocycles. The summed E-state index contributed by atoms with van der Waals surface area (Å²) in [6.45, 7) is 8.30. The van der Waals surface area contributed by atoms with Gasteiger partial charge in [-0.1, -0.05) is 18.2 Å². The lowest BCUT2D eigenvalue weighted by molar-refractivity contribution is -0.133. The third-order valence-electron chi connectivity index (χ3n) is 6.59. The third kappa shape index (κ3) is 4.22. The SMILES string of the molecule is Cc1cc(C)c(C)c(S(=O)(=O)N2CCN(C(=O)CN3C(=O)COc4ccccc43)CC2)c1C. The monoisotopic (exact) mass is 471 g/mol. The number of aryl methyl sites for hydroxylation is 2. The van der Waals surface area contributed by atoms with Gasteiger partial charge in [0, 0.05) is 26.2 Å². The number of benzene rings is 2. The number of hydrogen-bond acceptors (Lipinski definition) is 5. The van der Waals surface area contributed by atoms with E-state index in [0.717, 1.165) is 22.3 Å². The van der Waals surface area contributed by atoms with Gasteiger partial charge in [-0.3, -0.25) is 14.5 Å². The fraction of sp³-hybridized carbons (Fsp3) is 0.417. The zero-order valence-electron chi connectivity index (χ0n) is 19.4. The molecule has 0 atom stereocenters. The molecule has 1 fully saturated rings. The lowest BCUT2D eigenvalue weighted by atomic mass is 10.0. The van der Waals surface area contributed by atoms with Gasteiger partial charge in [0.2, 0.25) is 15.9 Å². The van der Waals surface area contributed by atoms with Crippen LogP contribution in [0.5, 0.6) is 5.75 Å². The predicted octanol–water partition coefficient (Wildman–Crippen LogP) is 2.18. The summed E-state index contributed by atoms with van der Waals surface area (Å²) < 4.78 is 33.8. The van der Waals surface area contributed by atoms with Crippen LogP contribution in [0.4, 0.5) is 5.69 Å². The minimum Gasteiger partial charge on any atom is -0.482 e. The Hall–Kier alpha value is -2.91. The van der Waals surface area contributed by atoms with Crippen LogP contribution in [0.25, 0.3) is 0 Å². The average Bonchev–Trinajstić information content (AvgIpc) is 2.79. The average molecular weight is 472 g/mol. The Balaban J connectivity index is 1.47. The molecule has 0 bridgehead atoms. The van der Waals surface area contributed by atoms with Gasteiger partial charge in [0.05, 0.1) is 10.6 Å². The van der Waals surface area contributed by atoms with Crippen molar-refractivity contribution < 1.29 is 22.7 Å². The van der Waals surface area contributed by atoms with Crippen LogP contribution in [-0.2, 0) is 19.6 Å². The van der Waals surface area contributed by atoms with Crippen LogP contribution in [0.1, 0.15) is 22.3 Å². The number of carbonyl (C=O) groups is 2. The van der Waals surface area contributed by atoms with E-state index >= 15 is 0 Å². The van der Waals surface area contributed by atoms with E-state index in [0.29, 0.717) is 16.3 Å². The molecule has 176 valence electrons. The number of anilines is 1. The van der Waals surface area contributed by atoms with Crippen LogP contribution < -0.4 is 9.64 Å². The van der Waals surface area contributed by atoms with E-state index in [2.05, 4.69) is 0 Å². The van der Waals surface area contributed by atoms with E-state index in [9.17, 15) is 18.0 Å². The zero-order chi connectivity index (χ0) is 23.9. The Morgan fingerprint density at radius 1 is 0.970 bits per heavy atom. The number of piperazine rings is 1. The fourth-order valence-electron chi connectivity index (χ4n) is 4.44. The van der Waals surface area contributed by atoms with Crippen molar-refractivity contribution in [3.05, 3.63) is 52.6 Å². The molecule has 2 aromatic rings. The minimum atomic E-state index is -3.68. The van der Waals surface area contributed by atoms with Crippen molar-refractivity contribution in [3.8, 4) is 5.75 Å². The quantitative estimate of drug-likeness (QED) is 0.682. The van der Waals surface area contributed by atoms with Gasteiger partial charge in [-0.15, -0.1) is 0 Å². The third-order valence-corrected chi connectivity index (χ3v) is 8.76. The highest BCUT2D eigenvalue weighted by atomic mass is 32.2. The van der Waals surface area contributed by atoms with Crippen molar-refractivity contribution in [1.29, 1.82) is 0 Å². The topological polar surface area (TPSA) is 87.2 Å². The molecule has 0 radical (unpaired) electrons. The fourth-order valence-corrected chi connectivity index (χ4v) is 6.44. The maximum Gasteiger partial charge on any atom is 0.265 e. The van der Waals surface area contributed by atoms with E-state index < -0.39 is 10.0 Å². The van der Waals surface area contributed by atoms with Crippen molar-refractivity contribution in [2.45, 2.75) is 32.6 Å². The predicted molar refractivity (Wildman–Crippen MR) is 125 cm³/mol. The van der Waals surface area contributed by atoms with E-state index in [1.54, 1.807) is 23.1 Å². The summed E-state index contributed by atoms with van der Waals surface area (Å²) in [5.41, 5.74) is 3.99. The zero-order valence-corrected chi connectivity index (χ0v) is 20.2. The number of para-hydroxylation sites is 2. The van der Waals surface area contributed by atoms with E-state index in [-0.39, 0.29) is 51.1 Å². The molecule has 2 aliphatic heterocycles. The second-order valence-corrected chi connectivity index (χ2v) is 10.5. The highest BCUT2D eigenvalue weighted by Gasteiger charge is 2.34. The van der Waals surface area contributed by atoms with Crippen molar-refractivity contribution in [2.24, 2.45) is 0 Å². The van der Waals surface area contributed by atoms with Crippen LogP contribution >= 0.6 is 0 Å². The largest absolute Gasteiger partial charge is 0.482 e. The first-order valence-electron chi connectivity index (χ1n) is 11.0. The normalized spacial score (nSPS) is 17.0. The highest BCUT2D eigenvalue weighted by molar-refractivity contribution is 7.89. The Morgan fingerprint density at radius 2 is 1.58 bits per heavy atom. The van der Waals surface area contributed by atoms with Gasteiger partial charge >= 0.3 is 0 Å². The van der Waals surface area contributed by atoms with E-state index in [1.807, 2.05) is 39.8 Å². The van der Waals surface area contributed by atoms with E-state index in [1.165, 1.54) is 9.21 Å². The number of rotatable bonds is 4. The van der Waals surface area contributed by atoms with Crippen molar-refractivity contribution in [2.75, 3.05) is 44.2 Å². The second kappa shape index (κ2) is 8.79. The number of fused-ring (bicyclic) bond motifs is 1. The van der Waals surface area contributed by atoms with Gasteiger partial charge in [-0.05, 0) is 62.1 Å². The lowest BCUT2D eigenvalue weighted by Gasteiger charge is -2.36. The molecule has 0 unspecified atom stereocenters. The Morgan fingerprint density at radius 3 is 2.21 bits per heavy atom. The number of sulfonamides is 1. The van der Waals surface area contributed by atoms with Gasteiger partial charge in [0.15, 0.2) is 6.61 Å². The smallest absolute Gasteiger partial charge is 0.265 e. The molecule has 0 spiro atoms. The van der Waals surface area contributed by atoms with E-state index in [4.69, 9.17) is 4.74 Å². The summed E-state index contributed by atoms with van der Waals surface area (Å²) in [7, 11) is -3.68. The molecule has 9 heteroatoms. The first-order chi connectivity index (χ1) is 15.6. The van der Waals surface area contributed by atoms with Crippen molar-refractivity contribution in [3.63, 3.8) is 0 Å². The van der Waals surface area contributed by atoms with Crippen molar-refractivity contribution in [1.82, 2.24) is 9.21 Å². The molecule has 2 aliphatic rings.